The highest BCUT2D eigenvalue weighted by Crippen LogP contribution is 2.22. The fourth-order valence-corrected chi connectivity index (χ4v) is 2.99. The summed E-state index contributed by atoms with van der Waals surface area (Å²) >= 11 is 7.34. The van der Waals surface area contributed by atoms with E-state index in [0.717, 1.165) is 14.8 Å². The average Bonchev–Trinajstić information content (AvgIpc) is 2.81. The number of thiophene rings is 1. The van der Waals surface area contributed by atoms with E-state index in [1.807, 2.05) is 18.2 Å². The van der Waals surface area contributed by atoms with Gasteiger partial charge in [-0.1, -0.05) is 23.7 Å². The Balaban J connectivity index is 1.85. The Morgan fingerprint density at radius 1 is 1.35 bits per heavy atom. The van der Waals surface area contributed by atoms with Crippen molar-refractivity contribution >= 4 is 28.8 Å². The quantitative estimate of drug-likeness (QED) is 0.813. The van der Waals surface area contributed by atoms with Gasteiger partial charge in [-0.05, 0) is 36.2 Å². The summed E-state index contributed by atoms with van der Waals surface area (Å²) in [4.78, 5) is 14.7. The molecule has 0 saturated heterocycles. The highest BCUT2D eigenvalue weighted by atomic mass is 35.5. The molecule has 1 heterocycles. The van der Waals surface area contributed by atoms with Crippen LogP contribution in [0.25, 0.3) is 0 Å². The van der Waals surface area contributed by atoms with Gasteiger partial charge in [0.15, 0.2) is 0 Å². The number of nitrogens with zero attached hydrogens (tertiary/aromatic N) is 1. The molecule has 0 aliphatic rings. The average molecular weight is 312 g/mol. The Labute approximate surface area is 126 Å². The predicted molar refractivity (Wildman–Crippen MR) is 80.5 cm³/mol. The third kappa shape index (κ3) is 4.32. The van der Waals surface area contributed by atoms with Gasteiger partial charge in [0, 0.05) is 24.9 Å². The van der Waals surface area contributed by atoms with Crippen molar-refractivity contribution in [3.63, 3.8) is 0 Å². The molecular weight excluding hydrogens is 297 g/mol. The van der Waals surface area contributed by atoms with Crippen LogP contribution in [0.5, 0.6) is 0 Å². The van der Waals surface area contributed by atoms with Gasteiger partial charge < -0.3 is 4.90 Å². The van der Waals surface area contributed by atoms with Crippen LogP contribution in [0.4, 0.5) is 4.39 Å². The van der Waals surface area contributed by atoms with Crippen molar-refractivity contribution < 1.29 is 9.18 Å². The molecule has 0 bridgehead atoms. The van der Waals surface area contributed by atoms with Gasteiger partial charge in [0.2, 0.25) is 5.91 Å². The zero-order valence-electron chi connectivity index (χ0n) is 11.1. The van der Waals surface area contributed by atoms with Gasteiger partial charge in [0.1, 0.15) is 5.82 Å². The third-order valence-corrected chi connectivity index (χ3v) is 4.24. The van der Waals surface area contributed by atoms with Crippen LogP contribution in [-0.2, 0) is 17.8 Å². The van der Waals surface area contributed by atoms with Crippen LogP contribution in [0.15, 0.2) is 36.4 Å². The normalized spacial score (nSPS) is 10.6. The van der Waals surface area contributed by atoms with E-state index in [9.17, 15) is 9.18 Å². The van der Waals surface area contributed by atoms with E-state index in [1.165, 1.54) is 23.5 Å². The minimum Gasteiger partial charge on any atom is -0.341 e. The first-order valence-electron chi connectivity index (χ1n) is 6.27. The van der Waals surface area contributed by atoms with Crippen molar-refractivity contribution in [3.05, 3.63) is 57.0 Å². The number of amides is 1. The fourth-order valence-electron chi connectivity index (χ4n) is 1.90. The summed E-state index contributed by atoms with van der Waals surface area (Å²) in [5.74, 6) is -0.240. The maximum absolute atomic E-state index is 13.1. The summed E-state index contributed by atoms with van der Waals surface area (Å²) < 4.78 is 13.8. The second-order valence-corrected chi connectivity index (χ2v) is 6.39. The van der Waals surface area contributed by atoms with E-state index in [0.29, 0.717) is 19.4 Å². The molecule has 2 aromatic rings. The first kappa shape index (κ1) is 15.0. The van der Waals surface area contributed by atoms with E-state index in [2.05, 4.69) is 0 Å². The number of hydrogen-bond donors (Lipinski definition) is 0. The Morgan fingerprint density at radius 2 is 2.15 bits per heavy atom. The molecule has 0 N–H and O–H groups in total. The van der Waals surface area contributed by atoms with Crippen LogP contribution < -0.4 is 0 Å². The molecule has 2 rings (SSSR count). The summed E-state index contributed by atoms with van der Waals surface area (Å²) in [5.41, 5.74) is 0.792. The fraction of sp³-hybridized carbons (Fsp3) is 0.267. The van der Waals surface area contributed by atoms with Gasteiger partial charge in [-0.3, -0.25) is 4.79 Å². The Hall–Kier alpha value is -1.39. The van der Waals surface area contributed by atoms with Crippen LogP contribution in [0.2, 0.25) is 4.34 Å². The molecule has 0 saturated carbocycles. The molecule has 1 amide bonds. The first-order valence-corrected chi connectivity index (χ1v) is 7.46. The van der Waals surface area contributed by atoms with Crippen LogP contribution in [0, 0.1) is 5.82 Å². The molecule has 1 aromatic heterocycles. The molecule has 0 radical (unpaired) electrons. The Kier molecular flexibility index (Phi) is 5.15. The number of halogens is 2. The minimum atomic E-state index is -0.281. The molecule has 2 nitrogen and oxygen atoms in total. The number of carbonyl (C=O) groups is 1. The zero-order chi connectivity index (χ0) is 14.5. The molecule has 0 unspecified atom stereocenters. The first-order chi connectivity index (χ1) is 9.54. The number of carbonyl (C=O) groups excluding carboxylic acids is 1. The molecule has 1 aromatic carbocycles. The van der Waals surface area contributed by atoms with Crippen LogP contribution in [0.1, 0.15) is 16.9 Å². The van der Waals surface area contributed by atoms with Gasteiger partial charge in [-0.2, -0.15) is 0 Å². The molecule has 0 aliphatic heterocycles. The van der Waals surface area contributed by atoms with E-state index in [4.69, 9.17) is 11.6 Å². The summed E-state index contributed by atoms with van der Waals surface area (Å²) in [5, 5.41) is 0. The van der Waals surface area contributed by atoms with Crippen molar-refractivity contribution in [1.82, 2.24) is 4.90 Å². The second-order valence-electron chi connectivity index (χ2n) is 4.59. The van der Waals surface area contributed by atoms with Crippen LogP contribution in [0.3, 0.4) is 0 Å². The van der Waals surface area contributed by atoms with Gasteiger partial charge in [-0.25, -0.2) is 4.39 Å². The zero-order valence-corrected chi connectivity index (χ0v) is 12.7. The van der Waals surface area contributed by atoms with E-state index >= 15 is 0 Å². The van der Waals surface area contributed by atoms with Gasteiger partial charge >= 0.3 is 0 Å². The molecule has 0 atom stereocenters. The van der Waals surface area contributed by atoms with E-state index < -0.39 is 0 Å². The number of hydrogen-bond acceptors (Lipinski definition) is 2. The molecule has 0 aliphatic carbocycles. The molecular formula is C15H15ClFNOS. The van der Waals surface area contributed by atoms with Crippen molar-refractivity contribution in [1.29, 1.82) is 0 Å². The van der Waals surface area contributed by atoms with Crippen molar-refractivity contribution in [3.8, 4) is 0 Å². The summed E-state index contributed by atoms with van der Waals surface area (Å²) in [6.07, 6.45) is 1.12. The van der Waals surface area contributed by atoms with Gasteiger partial charge in [0.25, 0.3) is 0 Å². The lowest BCUT2D eigenvalue weighted by atomic mass is 10.2. The SMILES string of the molecule is CN(Cc1cccc(F)c1)C(=O)CCc1ccc(Cl)s1. The Morgan fingerprint density at radius 3 is 2.80 bits per heavy atom. The van der Waals surface area contributed by atoms with Gasteiger partial charge in [-0.15, -0.1) is 11.3 Å². The lowest BCUT2D eigenvalue weighted by Crippen LogP contribution is -2.26. The molecule has 0 fully saturated rings. The Bertz CT molecular complexity index is 599. The molecule has 0 spiro atoms. The van der Waals surface area contributed by atoms with Crippen LogP contribution in [-0.4, -0.2) is 17.9 Å². The summed E-state index contributed by atoms with van der Waals surface area (Å²) in [6.45, 7) is 0.418. The highest BCUT2D eigenvalue weighted by Gasteiger charge is 2.10. The molecule has 5 heteroatoms. The predicted octanol–water partition coefficient (Wildman–Crippen LogP) is 4.13. The maximum Gasteiger partial charge on any atom is 0.222 e. The lowest BCUT2D eigenvalue weighted by Gasteiger charge is -2.17. The topological polar surface area (TPSA) is 20.3 Å². The maximum atomic E-state index is 13.1. The molecule has 20 heavy (non-hydrogen) atoms. The minimum absolute atomic E-state index is 0.0405. The van der Waals surface area contributed by atoms with Crippen LogP contribution >= 0.6 is 22.9 Å². The van der Waals surface area contributed by atoms with Crippen molar-refractivity contribution in [2.24, 2.45) is 0 Å². The number of rotatable bonds is 5. The number of benzene rings is 1. The van der Waals surface area contributed by atoms with Gasteiger partial charge in [0.05, 0.1) is 4.34 Å². The summed E-state index contributed by atoms with van der Waals surface area (Å²) in [6, 6.07) is 10.1. The highest BCUT2D eigenvalue weighted by molar-refractivity contribution is 7.16. The van der Waals surface area contributed by atoms with Crippen molar-refractivity contribution in [2.45, 2.75) is 19.4 Å². The largest absolute Gasteiger partial charge is 0.341 e. The third-order valence-electron chi connectivity index (χ3n) is 2.95. The standard InChI is InChI=1S/C15H15ClFNOS/c1-18(10-11-3-2-4-12(17)9-11)15(19)8-6-13-5-7-14(16)20-13/h2-5,7,9H,6,8,10H2,1H3. The van der Waals surface area contributed by atoms with E-state index in [-0.39, 0.29) is 11.7 Å². The van der Waals surface area contributed by atoms with Crippen molar-refractivity contribution in [2.75, 3.05) is 7.05 Å². The van der Waals surface area contributed by atoms with E-state index in [1.54, 1.807) is 18.0 Å². The number of aryl methyl sites for hydroxylation is 1. The monoisotopic (exact) mass is 311 g/mol. The summed E-state index contributed by atoms with van der Waals surface area (Å²) in [7, 11) is 1.73. The molecule has 106 valence electrons. The second kappa shape index (κ2) is 6.86. The lowest BCUT2D eigenvalue weighted by molar-refractivity contribution is -0.130. The smallest absolute Gasteiger partial charge is 0.222 e.